The minimum absolute atomic E-state index is 0.128. The van der Waals surface area contributed by atoms with Crippen molar-refractivity contribution in [2.45, 2.75) is 57.5 Å². The van der Waals surface area contributed by atoms with Gasteiger partial charge in [0.15, 0.2) is 0 Å². The molecule has 11 heteroatoms. The van der Waals surface area contributed by atoms with Gasteiger partial charge in [0.25, 0.3) is 10.0 Å². The first-order valence-corrected chi connectivity index (χ1v) is 11.9. The fourth-order valence-corrected chi connectivity index (χ4v) is 4.82. The van der Waals surface area contributed by atoms with E-state index in [1.54, 1.807) is 20.8 Å². The summed E-state index contributed by atoms with van der Waals surface area (Å²) >= 11 is 0. The van der Waals surface area contributed by atoms with Crippen LogP contribution in [0.2, 0.25) is 0 Å². The Hall–Kier alpha value is -2.94. The van der Waals surface area contributed by atoms with Crippen LogP contribution >= 0.6 is 0 Å². The van der Waals surface area contributed by atoms with Gasteiger partial charge in [0.05, 0.1) is 22.3 Å². The Morgan fingerprint density at radius 2 is 1.91 bits per heavy atom. The number of nitrogens with zero attached hydrogens (tertiary/aromatic N) is 1. The molecule has 0 radical (unpaired) electrons. The highest BCUT2D eigenvalue weighted by Gasteiger charge is 2.34. The van der Waals surface area contributed by atoms with Gasteiger partial charge < -0.3 is 15.0 Å². The maximum absolute atomic E-state index is 14.9. The summed E-state index contributed by atoms with van der Waals surface area (Å²) in [5.41, 5.74) is 1.61. The maximum Gasteiger partial charge on any atom is 0.491 e. The van der Waals surface area contributed by atoms with Crippen molar-refractivity contribution in [1.29, 1.82) is 5.26 Å². The van der Waals surface area contributed by atoms with Crippen molar-refractivity contribution in [2.75, 3.05) is 5.32 Å². The second kappa shape index (κ2) is 9.13. The molecule has 1 atom stereocenters. The number of anilines is 1. The lowest BCUT2D eigenvalue weighted by Gasteiger charge is -2.22. The quantitative estimate of drug-likeness (QED) is 0.572. The normalized spacial score (nSPS) is 15.5. The molecule has 0 spiro atoms. The molecule has 2 aromatic carbocycles. The number of benzene rings is 2. The van der Waals surface area contributed by atoms with E-state index in [-0.39, 0.29) is 33.5 Å². The predicted molar refractivity (Wildman–Crippen MR) is 122 cm³/mol. The Morgan fingerprint density at radius 3 is 2.48 bits per heavy atom. The molecule has 3 rings (SSSR count). The number of nitrogens with one attached hydrogen (secondary N) is 2. The molecule has 1 aliphatic heterocycles. The van der Waals surface area contributed by atoms with Crippen molar-refractivity contribution < 1.29 is 27.3 Å². The Labute approximate surface area is 193 Å². The second-order valence-corrected chi connectivity index (χ2v) is 10.2. The minimum Gasteiger partial charge on any atom is -0.423 e. The Balaban J connectivity index is 1.95. The summed E-state index contributed by atoms with van der Waals surface area (Å²) in [7, 11) is -5.42. The molecule has 0 aliphatic carbocycles. The van der Waals surface area contributed by atoms with Crippen LogP contribution in [-0.2, 0) is 14.7 Å². The van der Waals surface area contributed by atoms with Crippen molar-refractivity contribution in [3.63, 3.8) is 0 Å². The molecule has 0 saturated carbocycles. The van der Waals surface area contributed by atoms with E-state index in [1.165, 1.54) is 24.3 Å². The first kappa shape index (κ1) is 24.7. The third-order valence-corrected chi connectivity index (χ3v) is 6.85. The van der Waals surface area contributed by atoms with E-state index in [1.807, 2.05) is 24.6 Å². The van der Waals surface area contributed by atoms with E-state index in [2.05, 4.69) is 5.32 Å². The number of halogens is 1. The van der Waals surface area contributed by atoms with Crippen molar-refractivity contribution >= 4 is 34.3 Å². The number of fused-ring (bicyclic) bond motifs is 1. The van der Waals surface area contributed by atoms with Crippen LogP contribution in [0.25, 0.3) is 0 Å². The SMILES string of the molecule is CC(C)c1cc(C#N)c(F)c(C(C)C)c1NC(=O)NS(=O)(=O)c1ccc2c(c1)C(C)OB2O. The van der Waals surface area contributed by atoms with E-state index in [0.717, 1.165) is 0 Å². The molecular formula is C22H25BFN3O5S. The Kier molecular flexibility index (Phi) is 6.84. The highest BCUT2D eigenvalue weighted by Crippen LogP contribution is 2.36. The number of amides is 2. The summed E-state index contributed by atoms with van der Waals surface area (Å²) in [6.07, 6.45) is -0.511. The average Bonchev–Trinajstić information content (AvgIpc) is 3.00. The molecule has 2 aromatic rings. The number of hydrogen-bond donors (Lipinski definition) is 3. The summed E-state index contributed by atoms with van der Waals surface area (Å²) < 4.78 is 47.8. The number of nitriles is 1. The molecule has 0 saturated heterocycles. The molecule has 174 valence electrons. The maximum atomic E-state index is 14.9. The summed E-state index contributed by atoms with van der Waals surface area (Å²) in [4.78, 5) is 12.5. The van der Waals surface area contributed by atoms with Gasteiger partial charge in [-0.1, -0.05) is 33.8 Å². The molecule has 3 N–H and O–H groups in total. The summed E-state index contributed by atoms with van der Waals surface area (Å²) in [5.74, 6) is -1.31. The van der Waals surface area contributed by atoms with Gasteiger partial charge in [0, 0.05) is 5.56 Å². The van der Waals surface area contributed by atoms with E-state index < -0.39 is 35.1 Å². The van der Waals surface area contributed by atoms with E-state index >= 15 is 0 Å². The van der Waals surface area contributed by atoms with Gasteiger partial charge >= 0.3 is 13.1 Å². The van der Waals surface area contributed by atoms with Gasteiger partial charge in [0.2, 0.25) is 0 Å². The van der Waals surface area contributed by atoms with E-state index in [4.69, 9.17) is 4.65 Å². The Morgan fingerprint density at radius 1 is 1.24 bits per heavy atom. The van der Waals surface area contributed by atoms with Crippen LogP contribution < -0.4 is 15.5 Å². The number of hydrogen-bond acceptors (Lipinski definition) is 6. The summed E-state index contributed by atoms with van der Waals surface area (Å²) in [6, 6.07) is 6.16. The zero-order valence-corrected chi connectivity index (χ0v) is 19.7. The molecule has 33 heavy (non-hydrogen) atoms. The van der Waals surface area contributed by atoms with Crippen LogP contribution in [0.3, 0.4) is 0 Å². The zero-order valence-electron chi connectivity index (χ0n) is 18.9. The number of sulfonamides is 1. The first-order valence-electron chi connectivity index (χ1n) is 10.4. The topological polar surface area (TPSA) is 129 Å². The lowest BCUT2D eigenvalue weighted by Crippen LogP contribution is -2.35. The molecule has 0 fully saturated rings. The second-order valence-electron chi connectivity index (χ2n) is 8.52. The summed E-state index contributed by atoms with van der Waals surface area (Å²) in [6.45, 7) is 8.74. The van der Waals surface area contributed by atoms with Crippen LogP contribution in [0.4, 0.5) is 14.9 Å². The molecule has 0 bridgehead atoms. The Bertz CT molecular complexity index is 1260. The van der Waals surface area contributed by atoms with Gasteiger partial charge in [-0.15, -0.1) is 0 Å². The minimum atomic E-state index is -4.28. The molecule has 1 unspecified atom stereocenters. The lowest BCUT2D eigenvalue weighted by atomic mass is 9.79. The van der Waals surface area contributed by atoms with Gasteiger partial charge in [-0.3, -0.25) is 0 Å². The van der Waals surface area contributed by atoms with Crippen molar-refractivity contribution in [3.05, 3.63) is 52.3 Å². The number of carbonyl (C=O) groups excluding carboxylic acids is 1. The van der Waals surface area contributed by atoms with Crippen molar-refractivity contribution in [3.8, 4) is 6.07 Å². The van der Waals surface area contributed by atoms with Crippen molar-refractivity contribution in [2.24, 2.45) is 0 Å². The number of carbonyl (C=O) groups is 1. The highest BCUT2D eigenvalue weighted by molar-refractivity contribution is 7.90. The van der Waals surface area contributed by atoms with Crippen molar-refractivity contribution in [1.82, 2.24) is 4.72 Å². The van der Waals surface area contributed by atoms with Gasteiger partial charge in [-0.05, 0) is 53.5 Å². The zero-order chi connectivity index (χ0) is 24.7. The van der Waals surface area contributed by atoms with Gasteiger partial charge in [-0.25, -0.2) is 22.3 Å². The van der Waals surface area contributed by atoms with Crippen LogP contribution in [0.5, 0.6) is 0 Å². The monoisotopic (exact) mass is 473 g/mol. The molecular weight excluding hydrogens is 448 g/mol. The fraction of sp³-hybridized carbons (Fsp3) is 0.364. The first-order chi connectivity index (χ1) is 15.4. The molecule has 1 heterocycles. The molecule has 8 nitrogen and oxygen atoms in total. The average molecular weight is 473 g/mol. The lowest BCUT2D eigenvalue weighted by molar-refractivity contribution is 0.209. The standard InChI is InChI=1S/C22H25BFN3O5S/c1-11(2)16-8-14(10-25)20(24)19(12(3)4)21(16)26-22(28)27-33(30,31)15-6-7-18-17(9-15)13(5)32-23(18)29/h6-9,11-13,29H,1-5H3,(H2,26,27,28). The van der Waals surface area contributed by atoms with E-state index in [0.29, 0.717) is 16.6 Å². The molecule has 2 amide bonds. The fourth-order valence-electron chi connectivity index (χ4n) is 3.88. The van der Waals surface area contributed by atoms with Crippen LogP contribution in [0.1, 0.15) is 74.8 Å². The number of urea groups is 1. The molecule has 0 aromatic heterocycles. The van der Waals surface area contributed by atoms with Crippen LogP contribution in [0.15, 0.2) is 29.2 Å². The van der Waals surface area contributed by atoms with Crippen LogP contribution in [-0.4, -0.2) is 26.6 Å². The summed E-state index contributed by atoms with van der Waals surface area (Å²) in [5, 5.41) is 21.6. The highest BCUT2D eigenvalue weighted by atomic mass is 32.2. The van der Waals surface area contributed by atoms with Gasteiger partial charge in [-0.2, -0.15) is 5.26 Å². The third kappa shape index (κ3) is 4.73. The van der Waals surface area contributed by atoms with E-state index in [9.17, 15) is 27.9 Å². The molecule has 1 aliphatic rings. The smallest absolute Gasteiger partial charge is 0.423 e. The third-order valence-electron chi connectivity index (χ3n) is 5.52. The number of rotatable bonds is 5. The predicted octanol–water partition coefficient (Wildman–Crippen LogP) is 3.23. The van der Waals surface area contributed by atoms with Crippen LogP contribution in [0, 0.1) is 17.1 Å². The van der Waals surface area contributed by atoms with Gasteiger partial charge in [0.1, 0.15) is 11.9 Å². The largest absolute Gasteiger partial charge is 0.491 e.